The van der Waals surface area contributed by atoms with Gasteiger partial charge in [-0.3, -0.25) is 0 Å². The molecule has 0 unspecified atom stereocenters. The molecule has 0 aliphatic heterocycles. The Kier molecular flexibility index (Phi) is 8.73. The zero-order valence-electron chi connectivity index (χ0n) is 18.2. The summed E-state index contributed by atoms with van der Waals surface area (Å²) >= 11 is 3.98. The first-order chi connectivity index (χ1) is 16.0. The lowest BCUT2D eigenvalue weighted by atomic mass is 10.1. The number of carbonyl (C=O) groups excluding carboxylic acids is 2. The van der Waals surface area contributed by atoms with Crippen molar-refractivity contribution in [2.75, 3.05) is 32.2 Å². The number of aromatic nitrogens is 1. The van der Waals surface area contributed by atoms with Crippen molar-refractivity contribution in [3.05, 3.63) is 50.1 Å². The molecular formula is C22H21N3O5S3. The van der Waals surface area contributed by atoms with Crippen molar-refractivity contribution < 1.29 is 23.8 Å². The molecule has 33 heavy (non-hydrogen) atoms. The number of nitrogens with zero attached hydrogens (tertiary/aromatic N) is 2. The summed E-state index contributed by atoms with van der Waals surface area (Å²) in [6, 6.07) is 6.04. The summed E-state index contributed by atoms with van der Waals surface area (Å²) in [5.74, 6) is -1.12. The summed E-state index contributed by atoms with van der Waals surface area (Å²) < 4.78 is 15.3. The Morgan fingerprint density at radius 3 is 2.73 bits per heavy atom. The van der Waals surface area contributed by atoms with Crippen LogP contribution in [0.15, 0.2) is 29.1 Å². The van der Waals surface area contributed by atoms with E-state index in [1.807, 2.05) is 22.9 Å². The second kappa shape index (κ2) is 11.7. The summed E-state index contributed by atoms with van der Waals surface area (Å²) in [6.45, 7) is 3.91. The van der Waals surface area contributed by atoms with E-state index in [0.717, 1.165) is 21.9 Å². The minimum Gasteiger partial charge on any atom is -0.462 e. The van der Waals surface area contributed by atoms with Gasteiger partial charge in [-0.15, -0.1) is 34.0 Å². The van der Waals surface area contributed by atoms with Crippen LogP contribution in [0.3, 0.4) is 0 Å². The summed E-state index contributed by atoms with van der Waals surface area (Å²) in [7, 11) is 1.51. The molecule has 0 aliphatic rings. The zero-order chi connectivity index (χ0) is 23.8. The smallest absolute Gasteiger partial charge is 0.348 e. The maximum Gasteiger partial charge on any atom is 0.348 e. The van der Waals surface area contributed by atoms with Gasteiger partial charge in [-0.25, -0.2) is 14.6 Å². The molecule has 1 N–H and O–H groups in total. The van der Waals surface area contributed by atoms with E-state index in [1.165, 1.54) is 24.6 Å². The third-order valence-corrected chi connectivity index (χ3v) is 7.28. The molecule has 0 bridgehead atoms. The van der Waals surface area contributed by atoms with E-state index in [2.05, 4.69) is 16.4 Å². The van der Waals surface area contributed by atoms with Crippen LogP contribution in [0.5, 0.6) is 0 Å². The highest BCUT2D eigenvalue weighted by molar-refractivity contribution is 7.18. The lowest BCUT2D eigenvalue weighted by Crippen LogP contribution is -2.11. The monoisotopic (exact) mass is 503 g/mol. The Hall–Kier alpha value is -3.04. The van der Waals surface area contributed by atoms with Crippen LogP contribution in [0.2, 0.25) is 0 Å². The van der Waals surface area contributed by atoms with Gasteiger partial charge < -0.3 is 19.5 Å². The number of thiazole rings is 1. The maximum absolute atomic E-state index is 12.6. The van der Waals surface area contributed by atoms with Gasteiger partial charge in [0.05, 0.1) is 29.3 Å². The molecule has 0 aromatic carbocycles. The molecular weight excluding hydrogens is 482 g/mol. The number of hydrogen-bond acceptors (Lipinski definition) is 11. The van der Waals surface area contributed by atoms with Crippen molar-refractivity contribution >= 4 is 56.5 Å². The Bertz CT molecular complexity index is 1190. The molecule has 0 atom stereocenters. The molecule has 0 saturated heterocycles. The molecule has 0 amide bonds. The highest BCUT2D eigenvalue weighted by Crippen LogP contribution is 2.35. The highest BCUT2D eigenvalue weighted by atomic mass is 32.1. The van der Waals surface area contributed by atoms with Crippen molar-refractivity contribution in [2.45, 2.75) is 13.8 Å². The number of thiophene rings is 2. The summed E-state index contributed by atoms with van der Waals surface area (Å²) in [5, 5.41) is 17.4. The molecule has 172 valence electrons. The Labute approximate surface area is 203 Å². The normalized spacial score (nSPS) is 11.2. The maximum atomic E-state index is 12.6. The van der Waals surface area contributed by atoms with Crippen LogP contribution < -0.4 is 5.32 Å². The summed E-state index contributed by atoms with van der Waals surface area (Å²) in [6.07, 6.45) is 1.48. The Morgan fingerprint density at radius 1 is 1.24 bits per heavy atom. The van der Waals surface area contributed by atoms with Crippen molar-refractivity contribution in [1.82, 2.24) is 4.98 Å². The lowest BCUT2D eigenvalue weighted by molar-refractivity contribution is 0.0393. The van der Waals surface area contributed by atoms with E-state index in [0.29, 0.717) is 21.1 Å². The Morgan fingerprint density at radius 2 is 2.06 bits per heavy atom. The molecule has 3 rings (SSSR count). The molecule has 0 radical (unpaired) electrons. The van der Waals surface area contributed by atoms with Crippen LogP contribution in [-0.4, -0.2) is 43.9 Å². The van der Waals surface area contributed by atoms with Gasteiger partial charge in [-0.1, -0.05) is 6.07 Å². The van der Waals surface area contributed by atoms with E-state index >= 15 is 0 Å². The molecule has 3 aromatic rings. The van der Waals surface area contributed by atoms with E-state index in [4.69, 9.17) is 14.2 Å². The molecule has 3 heterocycles. The van der Waals surface area contributed by atoms with Gasteiger partial charge in [0.15, 0.2) is 0 Å². The van der Waals surface area contributed by atoms with Gasteiger partial charge in [-0.2, -0.15) is 5.26 Å². The van der Waals surface area contributed by atoms with Crippen molar-refractivity contribution in [3.8, 4) is 16.6 Å². The zero-order valence-corrected chi connectivity index (χ0v) is 20.6. The van der Waals surface area contributed by atoms with E-state index in [1.54, 1.807) is 25.2 Å². The van der Waals surface area contributed by atoms with Crippen LogP contribution in [0, 0.1) is 18.3 Å². The molecule has 8 nitrogen and oxygen atoms in total. The molecule has 0 spiro atoms. The van der Waals surface area contributed by atoms with Gasteiger partial charge in [0, 0.05) is 18.7 Å². The molecule has 3 aromatic heterocycles. The minimum atomic E-state index is -0.564. The highest BCUT2D eigenvalue weighted by Gasteiger charge is 2.26. The second-order valence-corrected chi connectivity index (χ2v) is 9.27. The van der Waals surface area contributed by atoms with Gasteiger partial charge in [0.1, 0.15) is 33.1 Å². The predicted molar refractivity (Wildman–Crippen MR) is 130 cm³/mol. The first-order valence-corrected chi connectivity index (χ1v) is 12.4. The average molecular weight is 504 g/mol. The van der Waals surface area contributed by atoms with Crippen LogP contribution in [0.25, 0.3) is 16.1 Å². The van der Waals surface area contributed by atoms with Crippen LogP contribution in [-0.2, 0) is 14.2 Å². The summed E-state index contributed by atoms with van der Waals surface area (Å²) in [4.78, 5) is 30.9. The van der Waals surface area contributed by atoms with Gasteiger partial charge in [-0.05, 0) is 30.9 Å². The largest absolute Gasteiger partial charge is 0.462 e. The number of methoxy groups -OCH3 is 1. The SMILES string of the molecule is CCOC(=O)c1c(N/C=C(/C#N)c2nc(-c3cccs3)cs2)sc(C(=O)OCCOC)c1C. The minimum absolute atomic E-state index is 0.0965. The molecule has 0 fully saturated rings. The number of nitriles is 1. The second-order valence-electron chi connectivity index (χ2n) is 6.44. The average Bonchev–Trinajstić information content (AvgIpc) is 3.55. The fourth-order valence-corrected chi connectivity index (χ4v) is 5.36. The van der Waals surface area contributed by atoms with Crippen molar-refractivity contribution in [3.63, 3.8) is 0 Å². The summed E-state index contributed by atoms with van der Waals surface area (Å²) in [5.41, 5.74) is 1.77. The number of hydrogen-bond donors (Lipinski definition) is 1. The van der Waals surface area contributed by atoms with Gasteiger partial charge >= 0.3 is 11.9 Å². The number of anilines is 1. The lowest BCUT2D eigenvalue weighted by Gasteiger charge is -2.05. The molecule has 11 heteroatoms. The van der Waals surface area contributed by atoms with Crippen LogP contribution >= 0.6 is 34.0 Å². The third-order valence-electron chi connectivity index (χ3n) is 4.31. The first-order valence-electron chi connectivity index (χ1n) is 9.83. The fourth-order valence-electron chi connectivity index (χ4n) is 2.76. The van der Waals surface area contributed by atoms with Crippen LogP contribution in [0.1, 0.15) is 37.5 Å². The number of esters is 2. The molecule has 0 aliphatic carbocycles. The number of nitrogens with one attached hydrogen (secondary N) is 1. The quantitative estimate of drug-likeness (QED) is 0.228. The standard InChI is InChI=1S/C22H21N3O5S3/c1-4-29-21(26)17-13(2)18(22(27)30-8-7-28-3)33-20(17)24-11-14(10-23)19-25-15(12-32-19)16-6-5-9-31-16/h5-6,9,11-12,24H,4,7-8H2,1-3H3/b14-11-. The number of rotatable bonds is 10. The number of ether oxygens (including phenoxy) is 3. The van der Waals surface area contributed by atoms with E-state index < -0.39 is 11.9 Å². The van der Waals surface area contributed by atoms with Crippen LogP contribution in [0.4, 0.5) is 5.00 Å². The van der Waals surface area contributed by atoms with Gasteiger partial charge in [0.2, 0.25) is 0 Å². The topological polar surface area (TPSA) is 111 Å². The third kappa shape index (κ3) is 5.85. The number of carbonyl (C=O) groups is 2. The van der Waals surface area contributed by atoms with Crippen molar-refractivity contribution in [2.24, 2.45) is 0 Å². The predicted octanol–water partition coefficient (Wildman–Crippen LogP) is 5.20. The van der Waals surface area contributed by atoms with E-state index in [9.17, 15) is 14.9 Å². The first kappa shape index (κ1) is 24.6. The fraction of sp³-hybridized carbons (Fsp3) is 0.273. The molecule has 0 saturated carbocycles. The van der Waals surface area contributed by atoms with Crippen molar-refractivity contribution in [1.29, 1.82) is 5.26 Å². The Balaban J connectivity index is 1.89. The van der Waals surface area contributed by atoms with Gasteiger partial charge in [0.25, 0.3) is 0 Å². The van der Waals surface area contributed by atoms with E-state index in [-0.39, 0.29) is 30.3 Å². The number of allylic oxidation sites excluding steroid dienone is 1.